The normalized spacial score (nSPS) is 11.0. The molecule has 1 heterocycles. The van der Waals surface area contributed by atoms with Crippen molar-refractivity contribution < 1.29 is 4.39 Å². The number of aliphatic imine (C=N–C) groups is 1. The third kappa shape index (κ3) is 5.70. The second-order valence-corrected chi connectivity index (χ2v) is 6.60. The first kappa shape index (κ1) is 22.7. The van der Waals surface area contributed by atoms with Crippen molar-refractivity contribution in [3.05, 3.63) is 70.7 Å². The molecule has 0 saturated carbocycles. The Morgan fingerprint density at radius 1 is 1.21 bits per heavy atom. The lowest BCUT2D eigenvalue weighted by molar-refractivity contribution is 0.610. The molecular weight excluding hydrogens is 480 g/mol. The highest BCUT2D eigenvalue weighted by molar-refractivity contribution is 14.0. The molecule has 7 heteroatoms. The number of rotatable bonds is 6. The van der Waals surface area contributed by atoms with Gasteiger partial charge in [-0.25, -0.2) is 9.38 Å². The molecule has 1 aromatic heterocycles. The molecule has 2 aromatic carbocycles. The Labute approximate surface area is 187 Å². The number of halogens is 2. The maximum atomic E-state index is 13.9. The minimum Gasteiger partial charge on any atom is -0.361 e. The van der Waals surface area contributed by atoms with Gasteiger partial charge in [-0.3, -0.25) is 0 Å². The van der Waals surface area contributed by atoms with Crippen LogP contribution in [0.4, 0.5) is 4.39 Å². The average molecular weight is 505 g/mol. The summed E-state index contributed by atoms with van der Waals surface area (Å²) in [6, 6.07) is 12.6. The minimum absolute atomic E-state index is 0. The molecule has 0 amide bonds. The smallest absolute Gasteiger partial charge is 0.191 e. The molecular formula is C22H25FIN5. The van der Waals surface area contributed by atoms with Gasteiger partial charge in [0.15, 0.2) is 5.96 Å². The number of hydrogen-bond donors (Lipinski definition) is 3. The molecule has 0 atom stereocenters. The number of aromatic amines is 1. The zero-order valence-electron chi connectivity index (χ0n) is 16.6. The second kappa shape index (κ2) is 10.8. The number of nitriles is 1. The van der Waals surface area contributed by atoms with Gasteiger partial charge in [-0.1, -0.05) is 12.1 Å². The average Bonchev–Trinajstić information content (AvgIpc) is 3.11. The minimum atomic E-state index is -0.354. The zero-order valence-corrected chi connectivity index (χ0v) is 18.9. The van der Waals surface area contributed by atoms with E-state index < -0.39 is 0 Å². The molecule has 5 nitrogen and oxygen atoms in total. The van der Waals surface area contributed by atoms with E-state index in [1.165, 1.54) is 34.7 Å². The van der Waals surface area contributed by atoms with Crippen LogP contribution >= 0.6 is 24.0 Å². The van der Waals surface area contributed by atoms with Crippen molar-refractivity contribution in [3.63, 3.8) is 0 Å². The molecule has 0 saturated heterocycles. The first-order chi connectivity index (χ1) is 13.6. The Bertz CT molecular complexity index is 1040. The summed E-state index contributed by atoms with van der Waals surface area (Å²) in [7, 11) is 0. The molecule has 0 aliphatic heterocycles. The number of H-pyrrole nitrogens is 1. The standard InChI is InChI=1S/C22H24FN5.HI/c1-3-25-22(28-14-18-11-16(12-24)7-8-19(18)23)26-10-9-17-13-27-20-6-4-5-15(2)21(17)20;/h4-8,11,13,27H,3,9-10,14H2,1-2H3,(H2,25,26,28);1H. The Kier molecular flexibility index (Phi) is 8.46. The molecule has 3 rings (SSSR count). The maximum Gasteiger partial charge on any atom is 0.191 e. The van der Waals surface area contributed by atoms with E-state index >= 15 is 0 Å². The highest BCUT2D eigenvalue weighted by Crippen LogP contribution is 2.22. The van der Waals surface area contributed by atoms with Crippen LogP contribution in [0, 0.1) is 24.1 Å². The number of nitrogens with one attached hydrogen (secondary N) is 3. The number of hydrogen-bond acceptors (Lipinski definition) is 2. The highest BCUT2D eigenvalue weighted by atomic mass is 127. The third-order valence-corrected chi connectivity index (χ3v) is 4.61. The molecule has 0 aliphatic rings. The Hall–Kier alpha value is -2.60. The van der Waals surface area contributed by atoms with E-state index in [9.17, 15) is 4.39 Å². The Morgan fingerprint density at radius 2 is 2.03 bits per heavy atom. The van der Waals surface area contributed by atoms with Gasteiger partial charge in [0.1, 0.15) is 5.82 Å². The van der Waals surface area contributed by atoms with Gasteiger partial charge in [-0.15, -0.1) is 24.0 Å². The van der Waals surface area contributed by atoms with Crippen LogP contribution in [-0.4, -0.2) is 24.0 Å². The number of benzene rings is 2. The van der Waals surface area contributed by atoms with Crippen LogP contribution in [0.25, 0.3) is 10.9 Å². The van der Waals surface area contributed by atoms with E-state index in [0.29, 0.717) is 30.2 Å². The summed E-state index contributed by atoms with van der Waals surface area (Å²) in [5, 5.41) is 16.7. The molecule has 0 bridgehead atoms. The maximum absolute atomic E-state index is 13.9. The van der Waals surface area contributed by atoms with Crippen LogP contribution in [0.3, 0.4) is 0 Å². The lowest BCUT2D eigenvalue weighted by atomic mass is 10.1. The summed E-state index contributed by atoms with van der Waals surface area (Å²) in [5.74, 6) is 0.272. The fourth-order valence-electron chi connectivity index (χ4n) is 3.24. The number of guanidine groups is 1. The van der Waals surface area contributed by atoms with Crippen LogP contribution in [0.1, 0.15) is 29.2 Å². The Balaban J connectivity index is 0.00000300. The van der Waals surface area contributed by atoms with Gasteiger partial charge in [0.25, 0.3) is 0 Å². The summed E-state index contributed by atoms with van der Waals surface area (Å²) in [4.78, 5) is 7.77. The van der Waals surface area contributed by atoms with Crippen LogP contribution in [0.2, 0.25) is 0 Å². The monoisotopic (exact) mass is 505 g/mol. The fraction of sp³-hybridized carbons (Fsp3) is 0.273. The Morgan fingerprint density at radius 3 is 2.79 bits per heavy atom. The number of fused-ring (bicyclic) bond motifs is 1. The van der Waals surface area contributed by atoms with Gasteiger partial charge < -0.3 is 15.6 Å². The summed E-state index contributed by atoms with van der Waals surface area (Å²) in [5.41, 5.74) is 4.48. The molecule has 0 spiro atoms. The van der Waals surface area contributed by atoms with E-state index in [2.05, 4.69) is 39.7 Å². The lowest BCUT2D eigenvalue weighted by Crippen LogP contribution is -2.38. The molecule has 0 fully saturated rings. The van der Waals surface area contributed by atoms with Crippen molar-refractivity contribution in [2.24, 2.45) is 4.99 Å². The number of aryl methyl sites for hydroxylation is 1. The van der Waals surface area contributed by atoms with Crippen molar-refractivity contribution in [2.75, 3.05) is 13.1 Å². The van der Waals surface area contributed by atoms with Crippen molar-refractivity contribution in [3.8, 4) is 6.07 Å². The van der Waals surface area contributed by atoms with E-state index in [1.807, 2.05) is 25.3 Å². The van der Waals surface area contributed by atoms with Crippen LogP contribution < -0.4 is 10.6 Å². The molecule has 3 aromatic rings. The SMILES string of the molecule is CCNC(=NCc1cc(C#N)ccc1F)NCCc1c[nH]c2cccc(C)c12.I. The highest BCUT2D eigenvalue weighted by Gasteiger charge is 2.07. The second-order valence-electron chi connectivity index (χ2n) is 6.60. The van der Waals surface area contributed by atoms with Crippen LogP contribution in [0.15, 0.2) is 47.6 Å². The predicted octanol–water partition coefficient (Wildman–Crippen LogP) is 4.40. The van der Waals surface area contributed by atoms with Gasteiger partial charge in [-0.2, -0.15) is 5.26 Å². The van der Waals surface area contributed by atoms with Gasteiger partial charge in [0.05, 0.1) is 18.2 Å². The number of aromatic nitrogens is 1. The first-order valence-electron chi connectivity index (χ1n) is 9.38. The van der Waals surface area contributed by atoms with E-state index in [4.69, 9.17) is 5.26 Å². The van der Waals surface area contributed by atoms with Crippen molar-refractivity contribution in [2.45, 2.75) is 26.8 Å². The first-order valence-corrected chi connectivity index (χ1v) is 9.38. The molecule has 3 N–H and O–H groups in total. The van der Waals surface area contributed by atoms with Crippen molar-refractivity contribution in [1.82, 2.24) is 15.6 Å². The van der Waals surface area contributed by atoms with Crippen molar-refractivity contribution >= 4 is 40.8 Å². The molecule has 152 valence electrons. The number of nitrogens with zero attached hydrogens (tertiary/aromatic N) is 2. The summed E-state index contributed by atoms with van der Waals surface area (Å²) in [6.45, 7) is 5.68. The summed E-state index contributed by atoms with van der Waals surface area (Å²) in [6.07, 6.45) is 2.89. The van der Waals surface area contributed by atoms with E-state index in [0.717, 1.165) is 11.9 Å². The predicted molar refractivity (Wildman–Crippen MR) is 126 cm³/mol. The van der Waals surface area contributed by atoms with Gasteiger partial charge >= 0.3 is 0 Å². The summed E-state index contributed by atoms with van der Waals surface area (Å²) < 4.78 is 13.9. The zero-order chi connectivity index (χ0) is 19.9. The topological polar surface area (TPSA) is 76.0 Å². The largest absolute Gasteiger partial charge is 0.361 e. The molecule has 0 unspecified atom stereocenters. The quantitative estimate of drug-likeness (QED) is 0.264. The molecule has 0 radical (unpaired) electrons. The van der Waals surface area contributed by atoms with E-state index in [1.54, 1.807) is 0 Å². The summed E-state index contributed by atoms with van der Waals surface area (Å²) >= 11 is 0. The van der Waals surface area contributed by atoms with Gasteiger partial charge in [0.2, 0.25) is 0 Å². The van der Waals surface area contributed by atoms with Gasteiger partial charge in [-0.05, 0) is 55.7 Å². The molecule has 29 heavy (non-hydrogen) atoms. The lowest BCUT2D eigenvalue weighted by Gasteiger charge is -2.11. The molecule has 0 aliphatic carbocycles. The fourth-order valence-corrected chi connectivity index (χ4v) is 3.24. The van der Waals surface area contributed by atoms with Crippen LogP contribution in [0.5, 0.6) is 0 Å². The third-order valence-electron chi connectivity index (χ3n) is 4.61. The van der Waals surface area contributed by atoms with Gasteiger partial charge in [0, 0.05) is 35.8 Å². The van der Waals surface area contributed by atoms with E-state index in [-0.39, 0.29) is 36.3 Å². The van der Waals surface area contributed by atoms with Crippen molar-refractivity contribution in [1.29, 1.82) is 5.26 Å². The van der Waals surface area contributed by atoms with Crippen LogP contribution in [-0.2, 0) is 13.0 Å².